The van der Waals surface area contributed by atoms with Gasteiger partial charge in [0.1, 0.15) is 0 Å². The maximum atomic E-state index is 12.7. The topological polar surface area (TPSA) is 20.3 Å². The summed E-state index contributed by atoms with van der Waals surface area (Å²) >= 11 is 12.0. The molecule has 0 saturated carbocycles. The Morgan fingerprint density at radius 2 is 1.76 bits per heavy atom. The maximum Gasteiger partial charge on any atom is 0.179 e. The van der Waals surface area contributed by atoms with E-state index in [9.17, 15) is 4.79 Å². The standard InChI is InChI=1S/C21H23Cl2NO/c1-15(21(25)18-7-8-19(22)20(23)14-18)24-11-9-17(10-12-24)13-16-5-3-2-4-6-16/h2-8,14-15,17H,9-13H2,1H3. The van der Waals surface area contributed by atoms with Crippen LogP contribution in [0.3, 0.4) is 0 Å². The van der Waals surface area contributed by atoms with Crippen molar-refractivity contribution < 1.29 is 4.79 Å². The second-order valence-corrected chi connectivity index (χ2v) is 7.65. The van der Waals surface area contributed by atoms with E-state index < -0.39 is 0 Å². The summed E-state index contributed by atoms with van der Waals surface area (Å²) < 4.78 is 0. The third-order valence-corrected chi connectivity index (χ3v) is 5.89. The van der Waals surface area contributed by atoms with Gasteiger partial charge in [-0.2, -0.15) is 0 Å². The number of carbonyl (C=O) groups excluding carboxylic acids is 1. The van der Waals surface area contributed by atoms with Crippen molar-refractivity contribution in [3.8, 4) is 0 Å². The number of carbonyl (C=O) groups is 1. The molecule has 1 aliphatic heterocycles. The highest BCUT2D eigenvalue weighted by molar-refractivity contribution is 6.42. The van der Waals surface area contributed by atoms with Crippen molar-refractivity contribution in [2.24, 2.45) is 5.92 Å². The van der Waals surface area contributed by atoms with Crippen LogP contribution in [0.4, 0.5) is 0 Å². The Morgan fingerprint density at radius 3 is 2.40 bits per heavy atom. The summed E-state index contributed by atoms with van der Waals surface area (Å²) in [6.07, 6.45) is 3.39. The lowest BCUT2D eigenvalue weighted by Gasteiger charge is -2.35. The molecule has 1 saturated heterocycles. The van der Waals surface area contributed by atoms with Crippen LogP contribution in [0.15, 0.2) is 48.5 Å². The Morgan fingerprint density at radius 1 is 1.08 bits per heavy atom. The smallest absolute Gasteiger partial charge is 0.179 e. The molecule has 1 atom stereocenters. The minimum Gasteiger partial charge on any atom is -0.293 e. The number of halogens is 2. The van der Waals surface area contributed by atoms with E-state index in [-0.39, 0.29) is 11.8 Å². The first-order valence-electron chi connectivity index (χ1n) is 8.82. The van der Waals surface area contributed by atoms with Crippen molar-refractivity contribution in [3.63, 3.8) is 0 Å². The van der Waals surface area contributed by atoms with Gasteiger partial charge in [0.15, 0.2) is 5.78 Å². The van der Waals surface area contributed by atoms with Crippen LogP contribution in [-0.4, -0.2) is 29.8 Å². The average Bonchev–Trinajstić information content (AvgIpc) is 2.64. The Balaban J connectivity index is 1.56. The molecule has 1 aliphatic rings. The first-order chi connectivity index (χ1) is 12.0. The van der Waals surface area contributed by atoms with Crippen molar-refractivity contribution in [3.05, 3.63) is 69.7 Å². The van der Waals surface area contributed by atoms with Crippen LogP contribution < -0.4 is 0 Å². The molecular formula is C21H23Cl2NO. The monoisotopic (exact) mass is 375 g/mol. The van der Waals surface area contributed by atoms with Crippen LogP contribution in [0.5, 0.6) is 0 Å². The van der Waals surface area contributed by atoms with E-state index in [0.717, 1.165) is 32.4 Å². The molecule has 4 heteroatoms. The number of rotatable bonds is 5. The highest BCUT2D eigenvalue weighted by atomic mass is 35.5. The van der Waals surface area contributed by atoms with E-state index in [1.54, 1.807) is 18.2 Å². The molecule has 2 aromatic rings. The number of Topliss-reactive ketones (excluding diaryl/α,β-unsaturated/α-hetero) is 1. The molecule has 0 amide bonds. The molecule has 1 heterocycles. The molecular weight excluding hydrogens is 353 g/mol. The molecule has 2 aromatic carbocycles. The second kappa shape index (κ2) is 8.35. The van der Waals surface area contributed by atoms with E-state index in [2.05, 4.69) is 35.2 Å². The predicted octanol–water partition coefficient (Wildman–Crippen LogP) is 5.52. The van der Waals surface area contributed by atoms with Gasteiger partial charge in [-0.15, -0.1) is 0 Å². The van der Waals surface area contributed by atoms with Crippen molar-refractivity contribution in [2.75, 3.05) is 13.1 Å². The molecule has 0 bridgehead atoms. The highest BCUT2D eigenvalue weighted by Crippen LogP contribution is 2.26. The first-order valence-corrected chi connectivity index (χ1v) is 9.57. The SMILES string of the molecule is CC(C(=O)c1ccc(Cl)c(Cl)c1)N1CCC(Cc2ccccc2)CC1. The summed E-state index contributed by atoms with van der Waals surface area (Å²) in [5, 5.41) is 0.911. The van der Waals surface area contributed by atoms with Gasteiger partial charge < -0.3 is 0 Å². The Kier molecular flexibility index (Phi) is 6.16. The third kappa shape index (κ3) is 4.63. The molecule has 0 N–H and O–H groups in total. The fourth-order valence-corrected chi connectivity index (χ4v) is 3.85. The number of hydrogen-bond donors (Lipinski definition) is 0. The van der Waals surface area contributed by atoms with Gasteiger partial charge in [0, 0.05) is 5.56 Å². The quantitative estimate of drug-likeness (QED) is 0.641. The van der Waals surface area contributed by atoms with Crippen molar-refractivity contribution in [1.29, 1.82) is 0 Å². The molecule has 1 unspecified atom stereocenters. The third-order valence-electron chi connectivity index (χ3n) is 5.15. The van der Waals surface area contributed by atoms with E-state index in [0.29, 0.717) is 21.5 Å². The lowest BCUT2D eigenvalue weighted by molar-refractivity contribution is 0.0771. The predicted molar refractivity (Wildman–Crippen MR) is 105 cm³/mol. The summed E-state index contributed by atoms with van der Waals surface area (Å²) in [5.74, 6) is 0.811. The minimum atomic E-state index is -0.130. The minimum absolute atomic E-state index is 0.111. The van der Waals surface area contributed by atoms with Crippen LogP contribution in [-0.2, 0) is 6.42 Å². The second-order valence-electron chi connectivity index (χ2n) is 6.84. The van der Waals surface area contributed by atoms with Gasteiger partial charge >= 0.3 is 0 Å². The number of benzene rings is 2. The van der Waals surface area contributed by atoms with E-state index >= 15 is 0 Å². The zero-order valence-corrected chi connectivity index (χ0v) is 15.9. The van der Waals surface area contributed by atoms with Crippen LogP contribution in [0, 0.1) is 5.92 Å². The first kappa shape index (κ1) is 18.4. The fourth-order valence-electron chi connectivity index (χ4n) is 3.55. The Hall–Kier alpha value is -1.35. The number of nitrogens with zero attached hydrogens (tertiary/aromatic N) is 1. The molecule has 0 spiro atoms. The molecule has 3 rings (SSSR count). The Labute approximate surface area is 159 Å². The molecule has 0 aromatic heterocycles. The summed E-state index contributed by atoms with van der Waals surface area (Å²) in [5.41, 5.74) is 2.04. The number of likely N-dealkylation sites (tertiary alicyclic amines) is 1. The molecule has 132 valence electrons. The van der Waals surface area contributed by atoms with Gasteiger partial charge in [-0.3, -0.25) is 9.69 Å². The largest absolute Gasteiger partial charge is 0.293 e. The van der Waals surface area contributed by atoms with Crippen molar-refractivity contribution in [2.45, 2.75) is 32.2 Å². The van der Waals surface area contributed by atoms with Gasteiger partial charge in [0.2, 0.25) is 0 Å². The zero-order chi connectivity index (χ0) is 17.8. The molecule has 0 radical (unpaired) electrons. The molecule has 1 fully saturated rings. The van der Waals surface area contributed by atoms with Crippen molar-refractivity contribution in [1.82, 2.24) is 4.90 Å². The normalized spacial score (nSPS) is 17.4. The summed E-state index contributed by atoms with van der Waals surface area (Å²) in [6.45, 7) is 3.92. The molecule has 2 nitrogen and oxygen atoms in total. The van der Waals surface area contributed by atoms with E-state index in [1.807, 2.05) is 6.92 Å². The average molecular weight is 376 g/mol. The van der Waals surface area contributed by atoms with Gasteiger partial charge in [0.25, 0.3) is 0 Å². The number of piperidine rings is 1. The van der Waals surface area contributed by atoms with Gasteiger partial charge in [-0.05, 0) is 69.0 Å². The van der Waals surface area contributed by atoms with Crippen LogP contribution >= 0.6 is 23.2 Å². The maximum absolute atomic E-state index is 12.7. The Bertz CT molecular complexity index is 724. The van der Waals surface area contributed by atoms with Crippen LogP contribution in [0.1, 0.15) is 35.7 Å². The van der Waals surface area contributed by atoms with Crippen molar-refractivity contribution >= 4 is 29.0 Å². The van der Waals surface area contributed by atoms with Crippen LogP contribution in [0.2, 0.25) is 10.0 Å². The highest BCUT2D eigenvalue weighted by Gasteiger charge is 2.27. The number of ketones is 1. The van der Waals surface area contributed by atoms with Gasteiger partial charge in [-0.1, -0.05) is 53.5 Å². The van der Waals surface area contributed by atoms with Gasteiger partial charge in [0.05, 0.1) is 16.1 Å². The molecule has 0 aliphatic carbocycles. The van der Waals surface area contributed by atoms with Gasteiger partial charge in [-0.25, -0.2) is 0 Å². The molecule has 25 heavy (non-hydrogen) atoms. The summed E-state index contributed by atoms with van der Waals surface area (Å²) in [6, 6.07) is 15.6. The van der Waals surface area contributed by atoms with E-state index in [4.69, 9.17) is 23.2 Å². The summed E-state index contributed by atoms with van der Waals surface area (Å²) in [7, 11) is 0. The summed E-state index contributed by atoms with van der Waals surface area (Å²) in [4.78, 5) is 15.0. The number of hydrogen-bond acceptors (Lipinski definition) is 2. The zero-order valence-electron chi connectivity index (χ0n) is 14.4. The van der Waals surface area contributed by atoms with E-state index in [1.165, 1.54) is 5.56 Å². The lowest BCUT2D eigenvalue weighted by Crippen LogP contribution is -2.44. The lowest BCUT2D eigenvalue weighted by atomic mass is 9.89. The fraction of sp³-hybridized carbons (Fsp3) is 0.381. The van der Waals surface area contributed by atoms with Crippen LogP contribution in [0.25, 0.3) is 0 Å².